The van der Waals surface area contributed by atoms with Crippen LogP contribution in [0.5, 0.6) is 0 Å². The fraction of sp³-hybridized carbons (Fsp3) is 0.583. The van der Waals surface area contributed by atoms with Crippen LogP contribution in [-0.2, 0) is 4.79 Å². The molecular weight excluding hydrogens is 218 g/mol. The number of carbonyl (C=O) groups is 1. The van der Waals surface area contributed by atoms with Crippen molar-refractivity contribution in [1.29, 1.82) is 0 Å². The van der Waals surface area contributed by atoms with E-state index in [1.54, 1.807) is 6.26 Å². The minimum absolute atomic E-state index is 0.0483. The van der Waals surface area contributed by atoms with Crippen molar-refractivity contribution in [3.63, 3.8) is 0 Å². The summed E-state index contributed by atoms with van der Waals surface area (Å²) in [6, 6.07) is 3.82. The fourth-order valence-corrected chi connectivity index (χ4v) is 2.45. The van der Waals surface area contributed by atoms with Crippen molar-refractivity contribution in [2.75, 3.05) is 19.6 Å². The summed E-state index contributed by atoms with van der Waals surface area (Å²) in [5.41, 5.74) is 11.2. The van der Waals surface area contributed by atoms with Gasteiger partial charge in [-0.15, -0.1) is 0 Å². The van der Waals surface area contributed by atoms with Crippen LogP contribution in [0.2, 0.25) is 0 Å². The van der Waals surface area contributed by atoms with E-state index < -0.39 is 0 Å². The molecule has 1 aliphatic rings. The predicted molar refractivity (Wildman–Crippen MR) is 64.0 cm³/mol. The first-order valence-corrected chi connectivity index (χ1v) is 5.99. The van der Waals surface area contributed by atoms with E-state index in [0.29, 0.717) is 13.1 Å². The molecule has 17 heavy (non-hydrogen) atoms. The molecule has 0 radical (unpaired) electrons. The quantitative estimate of drug-likeness (QED) is 0.797. The second kappa shape index (κ2) is 5.33. The van der Waals surface area contributed by atoms with Crippen molar-refractivity contribution in [3.05, 3.63) is 24.2 Å². The maximum atomic E-state index is 11.2. The lowest BCUT2D eigenvalue weighted by molar-refractivity contribution is -0.123. The van der Waals surface area contributed by atoms with Crippen LogP contribution in [0.15, 0.2) is 22.8 Å². The third kappa shape index (κ3) is 2.68. The molecule has 2 atom stereocenters. The Hall–Kier alpha value is -1.33. The second-order valence-electron chi connectivity index (χ2n) is 4.50. The first-order valence-electron chi connectivity index (χ1n) is 5.99. The van der Waals surface area contributed by atoms with Crippen molar-refractivity contribution >= 4 is 5.91 Å². The Labute approximate surface area is 101 Å². The van der Waals surface area contributed by atoms with Crippen molar-refractivity contribution < 1.29 is 9.21 Å². The number of piperidine rings is 1. The maximum absolute atomic E-state index is 11.2. The van der Waals surface area contributed by atoms with Crippen LogP contribution in [0.4, 0.5) is 0 Å². The van der Waals surface area contributed by atoms with E-state index in [9.17, 15) is 4.79 Å². The van der Waals surface area contributed by atoms with Crippen molar-refractivity contribution in [2.45, 2.75) is 18.9 Å². The summed E-state index contributed by atoms with van der Waals surface area (Å²) in [6.07, 6.45) is 3.50. The predicted octanol–water partition coefficient (Wildman–Crippen LogP) is 0.477. The van der Waals surface area contributed by atoms with Crippen LogP contribution in [-0.4, -0.2) is 30.4 Å². The third-order valence-corrected chi connectivity index (χ3v) is 3.39. The van der Waals surface area contributed by atoms with Gasteiger partial charge >= 0.3 is 0 Å². The zero-order valence-corrected chi connectivity index (χ0v) is 9.84. The summed E-state index contributed by atoms with van der Waals surface area (Å²) in [6.45, 7) is 2.10. The monoisotopic (exact) mass is 237 g/mol. The number of hydrogen-bond donors (Lipinski definition) is 2. The van der Waals surface area contributed by atoms with E-state index >= 15 is 0 Å². The third-order valence-electron chi connectivity index (χ3n) is 3.39. The Morgan fingerprint density at radius 1 is 1.65 bits per heavy atom. The second-order valence-corrected chi connectivity index (χ2v) is 4.50. The number of hydrogen-bond acceptors (Lipinski definition) is 4. The van der Waals surface area contributed by atoms with Crippen LogP contribution in [0, 0.1) is 5.92 Å². The van der Waals surface area contributed by atoms with Crippen LogP contribution in [0.1, 0.15) is 24.6 Å². The number of likely N-dealkylation sites (tertiary alicyclic amines) is 1. The molecule has 1 saturated heterocycles. The number of nitrogens with two attached hydrogens (primary N) is 2. The van der Waals surface area contributed by atoms with Crippen molar-refractivity contribution in [1.82, 2.24) is 4.90 Å². The molecule has 1 fully saturated rings. The van der Waals surface area contributed by atoms with Crippen LogP contribution < -0.4 is 11.5 Å². The van der Waals surface area contributed by atoms with Gasteiger partial charge < -0.3 is 15.9 Å². The summed E-state index contributed by atoms with van der Waals surface area (Å²) in [5.74, 6) is 0.579. The van der Waals surface area contributed by atoms with Gasteiger partial charge in [0.15, 0.2) is 0 Å². The molecule has 4 N–H and O–H groups in total. The fourth-order valence-electron chi connectivity index (χ4n) is 2.45. The molecule has 0 spiro atoms. The van der Waals surface area contributed by atoms with Gasteiger partial charge in [-0.25, -0.2) is 0 Å². The molecule has 1 amide bonds. The molecule has 0 saturated carbocycles. The number of furan rings is 1. The Kier molecular flexibility index (Phi) is 3.81. The molecule has 1 aromatic heterocycles. The highest BCUT2D eigenvalue weighted by molar-refractivity contribution is 5.76. The molecule has 0 aromatic carbocycles. The lowest BCUT2D eigenvalue weighted by atomic mass is 9.95. The van der Waals surface area contributed by atoms with E-state index in [1.807, 2.05) is 12.1 Å². The average Bonchev–Trinajstić information content (AvgIpc) is 2.84. The Balaban J connectivity index is 2.07. The number of nitrogens with zero attached hydrogens (tertiary/aromatic N) is 1. The maximum Gasteiger partial charge on any atom is 0.221 e. The van der Waals surface area contributed by atoms with Crippen LogP contribution in [0.3, 0.4) is 0 Å². The molecule has 94 valence electrons. The Morgan fingerprint density at radius 2 is 2.47 bits per heavy atom. The largest absolute Gasteiger partial charge is 0.468 e. The number of amides is 1. The lowest BCUT2D eigenvalue weighted by Gasteiger charge is -2.35. The molecule has 2 unspecified atom stereocenters. The van der Waals surface area contributed by atoms with Gasteiger partial charge in [0.25, 0.3) is 0 Å². The summed E-state index contributed by atoms with van der Waals surface area (Å²) < 4.78 is 5.40. The van der Waals surface area contributed by atoms with E-state index in [0.717, 1.165) is 25.1 Å². The summed E-state index contributed by atoms with van der Waals surface area (Å²) in [5, 5.41) is 0. The van der Waals surface area contributed by atoms with E-state index in [-0.39, 0.29) is 17.9 Å². The minimum atomic E-state index is -0.218. The van der Waals surface area contributed by atoms with E-state index in [1.165, 1.54) is 0 Å². The smallest absolute Gasteiger partial charge is 0.221 e. The molecule has 0 bridgehead atoms. The van der Waals surface area contributed by atoms with E-state index in [4.69, 9.17) is 15.9 Å². The minimum Gasteiger partial charge on any atom is -0.468 e. The first kappa shape index (κ1) is 12.1. The molecule has 1 aliphatic heterocycles. The highest BCUT2D eigenvalue weighted by Crippen LogP contribution is 2.26. The van der Waals surface area contributed by atoms with Crippen LogP contribution >= 0.6 is 0 Å². The highest BCUT2D eigenvalue weighted by atomic mass is 16.3. The van der Waals surface area contributed by atoms with Crippen molar-refractivity contribution in [2.24, 2.45) is 17.4 Å². The standard InChI is InChI=1S/C12H19N3O2/c13-7-10(11-4-2-6-17-11)15-5-1-3-9(8-15)12(14)16/h2,4,6,9-10H,1,3,5,7-8,13H2,(H2,14,16). The highest BCUT2D eigenvalue weighted by Gasteiger charge is 2.29. The summed E-state index contributed by atoms with van der Waals surface area (Å²) in [4.78, 5) is 13.4. The number of primary amides is 1. The number of carbonyl (C=O) groups excluding carboxylic acids is 1. The van der Waals surface area contributed by atoms with Gasteiger partial charge in [-0.05, 0) is 31.5 Å². The Bertz CT molecular complexity index is 364. The Morgan fingerprint density at radius 3 is 3.06 bits per heavy atom. The molecule has 2 rings (SSSR count). The molecule has 5 nitrogen and oxygen atoms in total. The SMILES string of the molecule is NCC(c1ccco1)N1CCCC(C(N)=O)C1. The average molecular weight is 237 g/mol. The zero-order chi connectivity index (χ0) is 12.3. The molecule has 5 heteroatoms. The lowest BCUT2D eigenvalue weighted by Crippen LogP contribution is -2.44. The summed E-state index contributed by atoms with van der Waals surface area (Å²) in [7, 11) is 0. The van der Waals surface area contributed by atoms with Gasteiger partial charge in [0.2, 0.25) is 5.91 Å². The normalized spacial score (nSPS) is 23.5. The number of rotatable bonds is 4. The molecule has 2 heterocycles. The van der Waals surface area contributed by atoms with Gasteiger partial charge in [-0.1, -0.05) is 0 Å². The topological polar surface area (TPSA) is 85.5 Å². The van der Waals surface area contributed by atoms with Gasteiger partial charge in [0, 0.05) is 13.1 Å². The van der Waals surface area contributed by atoms with Gasteiger partial charge in [0.05, 0.1) is 18.2 Å². The molecule has 1 aromatic rings. The first-order chi connectivity index (χ1) is 8.22. The molecule has 0 aliphatic carbocycles. The van der Waals surface area contributed by atoms with Crippen LogP contribution in [0.25, 0.3) is 0 Å². The van der Waals surface area contributed by atoms with Gasteiger partial charge in [-0.3, -0.25) is 9.69 Å². The molecular formula is C12H19N3O2. The van der Waals surface area contributed by atoms with Crippen molar-refractivity contribution in [3.8, 4) is 0 Å². The van der Waals surface area contributed by atoms with E-state index in [2.05, 4.69) is 4.90 Å². The van der Waals surface area contributed by atoms with Gasteiger partial charge in [0.1, 0.15) is 5.76 Å². The summed E-state index contributed by atoms with van der Waals surface area (Å²) >= 11 is 0. The van der Waals surface area contributed by atoms with Gasteiger partial charge in [-0.2, -0.15) is 0 Å². The zero-order valence-electron chi connectivity index (χ0n) is 9.84.